The van der Waals surface area contributed by atoms with Crippen molar-refractivity contribution in [2.24, 2.45) is 0 Å². The Morgan fingerprint density at radius 3 is 2.59 bits per heavy atom. The fourth-order valence-electron chi connectivity index (χ4n) is 2.74. The molecule has 1 aromatic heterocycles. The number of carbonyl (C=O) groups excluding carboxylic acids is 2. The molecule has 1 heterocycles. The standard InChI is InChI=1S/C22H23N3O4/c1-3-4-9-21-24-22(25-29-21)16-10-12-17(13-11-16)28-14-20(27)23-19-8-6-5-7-18(19)15(2)26/h5-8,10-13H,3-4,9,14H2,1-2H3,(H,23,27). The van der Waals surface area contributed by atoms with Gasteiger partial charge >= 0.3 is 0 Å². The van der Waals surface area contributed by atoms with Gasteiger partial charge in [-0.15, -0.1) is 0 Å². The first-order valence-electron chi connectivity index (χ1n) is 9.52. The predicted molar refractivity (Wildman–Crippen MR) is 109 cm³/mol. The Morgan fingerprint density at radius 2 is 1.86 bits per heavy atom. The molecule has 0 atom stereocenters. The van der Waals surface area contributed by atoms with Crippen LogP contribution in [0.3, 0.4) is 0 Å². The van der Waals surface area contributed by atoms with E-state index in [9.17, 15) is 9.59 Å². The third kappa shape index (κ3) is 5.51. The van der Waals surface area contributed by atoms with Crippen molar-refractivity contribution in [3.05, 3.63) is 60.0 Å². The lowest BCUT2D eigenvalue weighted by molar-refractivity contribution is -0.118. The van der Waals surface area contributed by atoms with Crippen LogP contribution in [0.5, 0.6) is 5.75 Å². The highest BCUT2D eigenvalue weighted by molar-refractivity contribution is 6.03. The second kappa shape index (κ2) is 9.64. The zero-order chi connectivity index (χ0) is 20.6. The summed E-state index contributed by atoms with van der Waals surface area (Å²) in [4.78, 5) is 28.2. The molecule has 1 N–H and O–H groups in total. The maximum atomic E-state index is 12.2. The number of rotatable bonds is 9. The van der Waals surface area contributed by atoms with Gasteiger partial charge in [0.1, 0.15) is 5.75 Å². The van der Waals surface area contributed by atoms with Gasteiger partial charge in [-0.1, -0.05) is 30.6 Å². The molecule has 2 aromatic carbocycles. The van der Waals surface area contributed by atoms with Crippen LogP contribution in [0.1, 0.15) is 42.9 Å². The van der Waals surface area contributed by atoms with Gasteiger partial charge in [-0.25, -0.2) is 0 Å². The van der Waals surface area contributed by atoms with Gasteiger partial charge in [0.15, 0.2) is 12.4 Å². The minimum atomic E-state index is -0.346. The number of amides is 1. The molecule has 0 aliphatic carbocycles. The fraction of sp³-hybridized carbons (Fsp3) is 0.273. The second-order valence-electron chi connectivity index (χ2n) is 6.58. The quantitative estimate of drug-likeness (QED) is 0.545. The Morgan fingerprint density at radius 1 is 1.10 bits per heavy atom. The first-order chi connectivity index (χ1) is 14.1. The Bertz CT molecular complexity index is 980. The van der Waals surface area contributed by atoms with Crippen LogP contribution in [0.2, 0.25) is 0 Å². The van der Waals surface area contributed by atoms with Crippen LogP contribution in [0.25, 0.3) is 11.4 Å². The van der Waals surface area contributed by atoms with E-state index in [2.05, 4.69) is 22.4 Å². The molecule has 0 saturated carbocycles. The summed E-state index contributed by atoms with van der Waals surface area (Å²) in [6, 6.07) is 14.0. The molecule has 150 valence electrons. The number of unbranched alkanes of at least 4 members (excludes halogenated alkanes) is 1. The van der Waals surface area contributed by atoms with E-state index in [1.54, 1.807) is 36.4 Å². The zero-order valence-corrected chi connectivity index (χ0v) is 16.5. The van der Waals surface area contributed by atoms with Gasteiger partial charge in [-0.2, -0.15) is 4.98 Å². The SMILES string of the molecule is CCCCc1nc(-c2ccc(OCC(=O)Nc3ccccc3C(C)=O)cc2)no1. The number of ketones is 1. The first kappa shape index (κ1) is 20.3. The number of aromatic nitrogens is 2. The summed E-state index contributed by atoms with van der Waals surface area (Å²) in [5.41, 5.74) is 1.74. The number of ether oxygens (including phenoxy) is 1. The molecule has 0 aliphatic heterocycles. The molecule has 29 heavy (non-hydrogen) atoms. The van der Waals surface area contributed by atoms with Gasteiger partial charge in [-0.3, -0.25) is 9.59 Å². The number of carbonyl (C=O) groups is 2. The molecule has 7 heteroatoms. The summed E-state index contributed by atoms with van der Waals surface area (Å²) < 4.78 is 10.8. The molecule has 0 bridgehead atoms. The van der Waals surface area contributed by atoms with E-state index in [-0.39, 0.29) is 18.3 Å². The lowest BCUT2D eigenvalue weighted by atomic mass is 10.1. The number of aryl methyl sites for hydroxylation is 1. The summed E-state index contributed by atoms with van der Waals surface area (Å²) in [6.45, 7) is 3.40. The molecule has 0 fully saturated rings. The van der Waals surface area contributed by atoms with Crippen molar-refractivity contribution in [3.63, 3.8) is 0 Å². The Kier molecular flexibility index (Phi) is 6.73. The average molecular weight is 393 g/mol. The van der Waals surface area contributed by atoms with Gasteiger partial charge in [0, 0.05) is 17.5 Å². The van der Waals surface area contributed by atoms with Crippen molar-refractivity contribution in [2.45, 2.75) is 33.1 Å². The Labute approximate surface area is 169 Å². The molecule has 0 aliphatic rings. The van der Waals surface area contributed by atoms with Crippen LogP contribution in [0.15, 0.2) is 53.1 Å². The smallest absolute Gasteiger partial charge is 0.262 e. The van der Waals surface area contributed by atoms with E-state index in [4.69, 9.17) is 9.26 Å². The topological polar surface area (TPSA) is 94.3 Å². The summed E-state index contributed by atoms with van der Waals surface area (Å²) in [6.07, 6.45) is 2.84. The molecule has 1 amide bonds. The molecule has 3 rings (SSSR count). The lowest BCUT2D eigenvalue weighted by Gasteiger charge is -2.10. The van der Waals surface area contributed by atoms with Gasteiger partial charge in [0.25, 0.3) is 5.91 Å². The number of benzene rings is 2. The van der Waals surface area contributed by atoms with Gasteiger partial charge in [0.05, 0.1) is 5.69 Å². The molecular weight excluding hydrogens is 370 g/mol. The van der Waals surface area contributed by atoms with Gasteiger partial charge in [0.2, 0.25) is 11.7 Å². The fourth-order valence-corrected chi connectivity index (χ4v) is 2.74. The third-order valence-corrected chi connectivity index (χ3v) is 4.28. The van der Waals surface area contributed by atoms with Crippen LogP contribution >= 0.6 is 0 Å². The summed E-state index contributed by atoms with van der Waals surface area (Å²) in [7, 11) is 0. The van der Waals surface area contributed by atoms with Gasteiger partial charge < -0.3 is 14.6 Å². The van der Waals surface area contributed by atoms with Crippen molar-refractivity contribution in [1.82, 2.24) is 10.1 Å². The summed E-state index contributed by atoms with van der Waals surface area (Å²) in [5, 5.41) is 6.70. The van der Waals surface area contributed by atoms with E-state index in [1.165, 1.54) is 6.92 Å². The van der Waals surface area contributed by atoms with Crippen molar-refractivity contribution in [3.8, 4) is 17.1 Å². The molecule has 7 nitrogen and oxygen atoms in total. The van der Waals surface area contributed by atoms with E-state index in [1.807, 2.05) is 12.1 Å². The Balaban J connectivity index is 1.56. The summed E-state index contributed by atoms with van der Waals surface area (Å²) >= 11 is 0. The number of hydrogen-bond donors (Lipinski definition) is 1. The molecule has 0 unspecified atom stereocenters. The van der Waals surface area contributed by atoms with Crippen molar-refractivity contribution >= 4 is 17.4 Å². The van der Waals surface area contributed by atoms with E-state index < -0.39 is 0 Å². The highest BCUT2D eigenvalue weighted by Gasteiger charge is 2.11. The minimum absolute atomic E-state index is 0.114. The van der Waals surface area contributed by atoms with Crippen molar-refractivity contribution < 1.29 is 18.8 Å². The zero-order valence-electron chi connectivity index (χ0n) is 16.5. The molecule has 0 radical (unpaired) electrons. The van der Waals surface area contributed by atoms with Crippen LogP contribution in [-0.2, 0) is 11.2 Å². The maximum Gasteiger partial charge on any atom is 0.262 e. The molecular formula is C22H23N3O4. The van der Waals surface area contributed by atoms with E-state index in [0.717, 1.165) is 24.8 Å². The van der Waals surface area contributed by atoms with Crippen molar-refractivity contribution in [2.75, 3.05) is 11.9 Å². The van der Waals surface area contributed by atoms with Crippen LogP contribution in [-0.4, -0.2) is 28.4 Å². The lowest BCUT2D eigenvalue weighted by Crippen LogP contribution is -2.21. The number of nitrogens with zero attached hydrogens (tertiary/aromatic N) is 2. The van der Waals surface area contributed by atoms with Crippen LogP contribution in [0.4, 0.5) is 5.69 Å². The molecule has 0 saturated heterocycles. The second-order valence-corrected chi connectivity index (χ2v) is 6.58. The van der Waals surface area contributed by atoms with E-state index in [0.29, 0.717) is 28.7 Å². The van der Waals surface area contributed by atoms with Crippen molar-refractivity contribution in [1.29, 1.82) is 0 Å². The maximum absolute atomic E-state index is 12.2. The molecule has 0 spiro atoms. The highest BCUT2D eigenvalue weighted by atomic mass is 16.5. The number of para-hydroxylation sites is 1. The number of nitrogens with one attached hydrogen (secondary N) is 1. The highest BCUT2D eigenvalue weighted by Crippen LogP contribution is 2.21. The average Bonchev–Trinajstić information content (AvgIpc) is 3.20. The largest absolute Gasteiger partial charge is 0.484 e. The minimum Gasteiger partial charge on any atom is -0.484 e. The predicted octanol–water partition coefficient (Wildman–Crippen LogP) is 4.30. The first-order valence-corrected chi connectivity index (χ1v) is 9.52. The number of hydrogen-bond acceptors (Lipinski definition) is 6. The van der Waals surface area contributed by atoms with Crippen LogP contribution in [0, 0.1) is 0 Å². The number of anilines is 1. The van der Waals surface area contributed by atoms with Crippen LogP contribution < -0.4 is 10.1 Å². The van der Waals surface area contributed by atoms with E-state index >= 15 is 0 Å². The normalized spacial score (nSPS) is 10.6. The van der Waals surface area contributed by atoms with Gasteiger partial charge in [-0.05, 0) is 49.7 Å². The summed E-state index contributed by atoms with van der Waals surface area (Å²) in [5.74, 6) is 1.24. The molecule has 3 aromatic rings. The Hall–Kier alpha value is -3.48. The number of Topliss-reactive ketones (excluding diaryl/α,β-unsaturated/α-hetero) is 1. The monoisotopic (exact) mass is 393 g/mol. The third-order valence-electron chi connectivity index (χ3n) is 4.28.